The number of benzene rings is 1. The monoisotopic (exact) mass is 294 g/mol. The summed E-state index contributed by atoms with van der Waals surface area (Å²) in [4.78, 5) is 3.38. The highest BCUT2D eigenvalue weighted by atomic mass is 32.1. The molecule has 0 amide bonds. The van der Waals surface area contributed by atoms with Crippen LogP contribution in [0.25, 0.3) is 0 Å². The SMILES string of the molecule is CN(CCc1cccs1)c1cccc(F)c1C(N)=S. The zero-order chi connectivity index (χ0) is 13.8. The van der Waals surface area contributed by atoms with E-state index in [-0.39, 0.29) is 10.8 Å². The smallest absolute Gasteiger partial charge is 0.135 e. The number of hydrogen-bond donors (Lipinski definition) is 1. The quantitative estimate of drug-likeness (QED) is 0.859. The van der Waals surface area contributed by atoms with Crippen LogP contribution in [-0.4, -0.2) is 18.6 Å². The van der Waals surface area contributed by atoms with Crippen molar-refractivity contribution in [2.45, 2.75) is 6.42 Å². The van der Waals surface area contributed by atoms with Gasteiger partial charge in [0.2, 0.25) is 0 Å². The minimum absolute atomic E-state index is 0.0936. The van der Waals surface area contributed by atoms with Gasteiger partial charge in [-0.2, -0.15) is 0 Å². The van der Waals surface area contributed by atoms with E-state index in [0.29, 0.717) is 5.56 Å². The van der Waals surface area contributed by atoms with E-state index in [2.05, 4.69) is 11.4 Å². The fourth-order valence-electron chi connectivity index (χ4n) is 1.93. The summed E-state index contributed by atoms with van der Waals surface area (Å²) in [7, 11) is 1.92. The highest BCUT2D eigenvalue weighted by Gasteiger charge is 2.14. The molecule has 1 aromatic heterocycles. The molecular weight excluding hydrogens is 279 g/mol. The molecule has 2 N–H and O–H groups in total. The van der Waals surface area contributed by atoms with Crippen molar-refractivity contribution in [1.29, 1.82) is 0 Å². The highest BCUT2D eigenvalue weighted by Crippen LogP contribution is 2.23. The van der Waals surface area contributed by atoms with Gasteiger partial charge < -0.3 is 10.6 Å². The Labute approximate surface area is 121 Å². The average Bonchev–Trinajstić information content (AvgIpc) is 2.88. The molecule has 0 saturated carbocycles. The van der Waals surface area contributed by atoms with Crippen LogP contribution in [0.5, 0.6) is 0 Å². The third-order valence-electron chi connectivity index (χ3n) is 2.92. The number of anilines is 1. The predicted octanol–water partition coefficient (Wildman–Crippen LogP) is 3.20. The standard InChI is InChI=1S/C14H15FN2S2/c1-17(8-7-10-4-3-9-19-10)12-6-2-5-11(15)13(12)14(16)18/h2-6,9H,7-8H2,1H3,(H2,16,18). The second-order valence-corrected chi connectivity index (χ2v) is 5.72. The lowest BCUT2D eigenvalue weighted by atomic mass is 10.1. The van der Waals surface area contributed by atoms with Crippen molar-refractivity contribution in [2.24, 2.45) is 5.73 Å². The highest BCUT2D eigenvalue weighted by molar-refractivity contribution is 7.80. The molecule has 2 nitrogen and oxygen atoms in total. The normalized spacial score (nSPS) is 10.4. The zero-order valence-electron chi connectivity index (χ0n) is 10.6. The maximum atomic E-state index is 13.8. The molecular formula is C14H15FN2S2. The maximum Gasteiger partial charge on any atom is 0.135 e. The molecule has 0 fully saturated rings. The first kappa shape index (κ1) is 14.0. The van der Waals surface area contributed by atoms with Crippen molar-refractivity contribution in [3.63, 3.8) is 0 Å². The average molecular weight is 294 g/mol. The lowest BCUT2D eigenvalue weighted by Gasteiger charge is -2.22. The Balaban J connectivity index is 2.16. The summed E-state index contributed by atoms with van der Waals surface area (Å²) in [6, 6.07) is 9.02. The van der Waals surface area contributed by atoms with E-state index >= 15 is 0 Å². The van der Waals surface area contributed by atoms with Gasteiger partial charge in [-0.05, 0) is 30.0 Å². The van der Waals surface area contributed by atoms with E-state index < -0.39 is 0 Å². The summed E-state index contributed by atoms with van der Waals surface area (Å²) >= 11 is 6.66. The first-order valence-corrected chi connectivity index (χ1v) is 7.20. The molecule has 0 unspecified atom stereocenters. The van der Waals surface area contributed by atoms with Gasteiger partial charge >= 0.3 is 0 Å². The number of likely N-dealkylation sites (N-methyl/N-ethyl adjacent to an activating group) is 1. The van der Waals surface area contributed by atoms with Crippen molar-refractivity contribution >= 4 is 34.2 Å². The molecule has 0 aliphatic heterocycles. The van der Waals surface area contributed by atoms with Crippen molar-refractivity contribution in [2.75, 3.05) is 18.5 Å². The van der Waals surface area contributed by atoms with Crippen LogP contribution < -0.4 is 10.6 Å². The van der Waals surface area contributed by atoms with Crippen LogP contribution in [0.2, 0.25) is 0 Å². The lowest BCUT2D eigenvalue weighted by molar-refractivity contribution is 0.624. The summed E-state index contributed by atoms with van der Waals surface area (Å²) in [6.07, 6.45) is 0.918. The molecule has 19 heavy (non-hydrogen) atoms. The van der Waals surface area contributed by atoms with E-state index in [0.717, 1.165) is 18.7 Å². The molecule has 1 aromatic carbocycles. The van der Waals surface area contributed by atoms with E-state index in [4.69, 9.17) is 18.0 Å². The molecule has 5 heteroatoms. The number of hydrogen-bond acceptors (Lipinski definition) is 3. The lowest BCUT2D eigenvalue weighted by Crippen LogP contribution is -2.24. The van der Waals surface area contributed by atoms with Gasteiger partial charge in [0.05, 0.1) is 5.56 Å². The number of nitrogens with two attached hydrogens (primary N) is 1. The summed E-state index contributed by atoms with van der Waals surface area (Å²) in [5.41, 5.74) is 6.68. The van der Waals surface area contributed by atoms with E-state index in [9.17, 15) is 4.39 Å². The molecule has 0 radical (unpaired) electrons. The molecule has 0 spiro atoms. The minimum Gasteiger partial charge on any atom is -0.389 e. The van der Waals surface area contributed by atoms with Gasteiger partial charge in [-0.1, -0.05) is 24.4 Å². The number of thiophene rings is 1. The number of rotatable bonds is 5. The van der Waals surface area contributed by atoms with Gasteiger partial charge in [-0.25, -0.2) is 4.39 Å². The van der Waals surface area contributed by atoms with Crippen LogP contribution in [-0.2, 0) is 6.42 Å². The third kappa shape index (κ3) is 3.30. The van der Waals surface area contributed by atoms with Crippen molar-refractivity contribution in [1.82, 2.24) is 0 Å². The van der Waals surface area contributed by atoms with Gasteiger partial charge in [0.15, 0.2) is 0 Å². The Hall–Kier alpha value is -1.46. The Kier molecular flexibility index (Phi) is 4.50. The molecule has 1 heterocycles. The van der Waals surface area contributed by atoms with Crippen molar-refractivity contribution < 1.29 is 4.39 Å². The molecule has 2 rings (SSSR count). The van der Waals surface area contributed by atoms with Crippen molar-refractivity contribution in [3.05, 3.63) is 52.0 Å². The molecule has 0 aliphatic rings. The molecule has 0 atom stereocenters. The summed E-state index contributed by atoms with van der Waals surface area (Å²) in [6.45, 7) is 0.791. The van der Waals surface area contributed by atoms with Gasteiger partial charge in [-0.3, -0.25) is 0 Å². The first-order valence-electron chi connectivity index (χ1n) is 5.91. The van der Waals surface area contributed by atoms with Crippen LogP contribution in [0.15, 0.2) is 35.7 Å². The van der Waals surface area contributed by atoms with E-state index in [1.54, 1.807) is 17.4 Å². The second-order valence-electron chi connectivity index (χ2n) is 4.25. The Morgan fingerprint density at radius 1 is 1.37 bits per heavy atom. The van der Waals surface area contributed by atoms with E-state index in [1.165, 1.54) is 10.9 Å². The van der Waals surface area contributed by atoms with Crippen LogP contribution >= 0.6 is 23.6 Å². The minimum atomic E-state index is -0.368. The number of halogens is 1. The van der Waals surface area contributed by atoms with Gasteiger partial charge in [0, 0.05) is 24.2 Å². The molecule has 0 saturated heterocycles. The topological polar surface area (TPSA) is 29.3 Å². The Bertz CT molecular complexity index is 567. The summed E-state index contributed by atoms with van der Waals surface area (Å²) < 4.78 is 13.8. The fraction of sp³-hybridized carbons (Fsp3) is 0.214. The zero-order valence-corrected chi connectivity index (χ0v) is 12.2. The predicted molar refractivity (Wildman–Crippen MR) is 83.6 cm³/mol. The van der Waals surface area contributed by atoms with Crippen molar-refractivity contribution in [3.8, 4) is 0 Å². The van der Waals surface area contributed by atoms with Gasteiger partial charge in [0.1, 0.15) is 10.8 Å². The second kappa shape index (κ2) is 6.12. The van der Waals surface area contributed by atoms with Gasteiger partial charge in [-0.15, -0.1) is 11.3 Å². The van der Waals surface area contributed by atoms with E-state index in [1.807, 2.05) is 24.1 Å². The first-order chi connectivity index (χ1) is 9.09. The van der Waals surface area contributed by atoms with Crippen LogP contribution in [0.4, 0.5) is 10.1 Å². The Morgan fingerprint density at radius 2 is 2.16 bits per heavy atom. The van der Waals surface area contributed by atoms with Crippen LogP contribution in [0, 0.1) is 5.82 Å². The number of nitrogens with zero attached hydrogens (tertiary/aromatic N) is 1. The third-order valence-corrected chi connectivity index (χ3v) is 4.06. The molecule has 100 valence electrons. The summed E-state index contributed by atoms with van der Waals surface area (Å²) in [5.74, 6) is -0.368. The molecule has 0 bridgehead atoms. The van der Waals surface area contributed by atoms with Crippen LogP contribution in [0.3, 0.4) is 0 Å². The molecule has 0 aliphatic carbocycles. The fourth-order valence-corrected chi connectivity index (χ4v) is 2.83. The van der Waals surface area contributed by atoms with Crippen LogP contribution in [0.1, 0.15) is 10.4 Å². The van der Waals surface area contributed by atoms with Gasteiger partial charge in [0.25, 0.3) is 0 Å². The number of thiocarbonyl (C=S) groups is 1. The summed E-state index contributed by atoms with van der Waals surface area (Å²) in [5, 5.41) is 2.05. The molecule has 2 aromatic rings. The Morgan fingerprint density at radius 3 is 2.79 bits per heavy atom. The largest absolute Gasteiger partial charge is 0.389 e. The maximum absolute atomic E-state index is 13.8.